The van der Waals surface area contributed by atoms with Gasteiger partial charge in [0.25, 0.3) is 0 Å². The zero-order valence-corrected chi connectivity index (χ0v) is 9.30. The molecule has 2 aromatic rings. The van der Waals surface area contributed by atoms with Crippen molar-refractivity contribution in [2.45, 2.75) is 6.92 Å². The molecule has 1 aromatic carbocycles. The highest BCUT2D eigenvalue weighted by molar-refractivity contribution is 5.82. The van der Waals surface area contributed by atoms with E-state index < -0.39 is 11.9 Å². The van der Waals surface area contributed by atoms with Crippen LogP contribution in [0, 0.1) is 6.92 Å². The molecule has 0 atom stereocenters. The minimum atomic E-state index is -1.24. The monoisotopic (exact) mass is 234 g/mol. The van der Waals surface area contributed by atoms with Gasteiger partial charge in [0, 0.05) is 5.56 Å². The lowest BCUT2D eigenvalue weighted by Crippen LogP contribution is -1.95. The Balaban J connectivity index is 2.39. The molecular weight excluding hydrogens is 224 g/mol. The summed E-state index contributed by atoms with van der Waals surface area (Å²) >= 11 is 0. The van der Waals surface area contributed by atoms with Crippen molar-refractivity contribution in [3.63, 3.8) is 0 Å². The molecule has 88 valence electrons. The molecule has 1 heterocycles. The number of rotatable bonds is 3. The van der Waals surface area contributed by atoms with Crippen LogP contribution in [-0.4, -0.2) is 28.3 Å². The van der Waals surface area contributed by atoms with Gasteiger partial charge in [-0.2, -0.15) is 4.98 Å². The molecule has 1 aromatic heterocycles. The second kappa shape index (κ2) is 4.25. The number of carboxylic acids is 1. The van der Waals surface area contributed by atoms with E-state index in [0.29, 0.717) is 5.56 Å². The predicted octanol–water partition coefficient (Wildman–Crippen LogP) is 1.75. The summed E-state index contributed by atoms with van der Waals surface area (Å²) in [7, 11) is 1.58. The van der Waals surface area contributed by atoms with Gasteiger partial charge in [-0.1, -0.05) is 5.16 Å². The van der Waals surface area contributed by atoms with Crippen LogP contribution in [0.1, 0.15) is 16.2 Å². The number of aromatic carboxylic acids is 1. The first kappa shape index (κ1) is 11.1. The summed E-state index contributed by atoms with van der Waals surface area (Å²) in [4.78, 5) is 14.4. The second-order valence-electron chi connectivity index (χ2n) is 3.41. The Labute approximate surface area is 96.8 Å². The van der Waals surface area contributed by atoms with Crippen molar-refractivity contribution in [2.24, 2.45) is 0 Å². The van der Waals surface area contributed by atoms with E-state index in [-0.39, 0.29) is 5.82 Å². The van der Waals surface area contributed by atoms with Crippen molar-refractivity contribution in [1.29, 1.82) is 0 Å². The van der Waals surface area contributed by atoms with Crippen molar-refractivity contribution < 1.29 is 19.2 Å². The zero-order chi connectivity index (χ0) is 12.4. The fourth-order valence-electron chi connectivity index (χ4n) is 1.45. The third-order valence-corrected chi connectivity index (χ3v) is 2.26. The third-order valence-electron chi connectivity index (χ3n) is 2.26. The molecule has 0 radical (unpaired) electrons. The van der Waals surface area contributed by atoms with Crippen molar-refractivity contribution in [3.05, 3.63) is 29.7 Å². The maximum atomic E-state index is 10.6. The van der Waals surface area contributed by atoms with Crippen LogP contribution >= 0.6 is 0 Å². The van der Waals surface area contributed by atoms with Crippen LogP contribution in [-0.2, 0) is 0 Å². The van der Waals surface area contributed by atoms with Crippen LogP contribution in [0.25, 0.3) is 11.4 Å². The molecule has 6 heteroatoms. The van der Waals surface area contributed by atoms with E-state index in [1.807, 2.05) is 6.92 Å². The van der Waals surface area contributed by atoms with Crippen LogP contribution in [0.3, 0.4) is 0 Å². The average molecular weight is 234 g/mol. The first-order valence-corrected chi connectivity index (χ1v) is 4.84. The Kier molecular flexibility index (Phi) is 2.78. The maximum Gasteiger partial charge on any atom is 0.394 e. The predicted molar refractivity (Wildman–Crippen MR) is 58.0 cm³/mol. The Hall–Kier alpha value is -2.37. The molecule has 0 saturated carbocycles. The number of benzene rings is 1. The fourth-order valence-corrected chi connectivity index (χ4v) is 1.45. The number of aryl methyl sites for hydroxylation is 1. The van der Waals surface area contributed by atoms with E-state index in [1.54, 1.807) is 25.3 Å². The van der Waals surface area contributed by atoms with Crippen molar-refractivity contribution in [3.8, 4) is 17.1 Å². The summed E-state index contributed by atoms with van der Waals surface area (Å²) in [6, 6.07) is 5.30. The molecule has 0 aliphatic heterocycles. The van der Waals surface area contributed by atoms with E-state index in [0.717, 1.165) is 11.3 Å². The van der Waals surface area contributed by atoms with Crippen molar-refractivity contribution >= 4 is 5.97 Å². The highest BCUT2D eigenvalue weighted by Crippen LogP contribution is 2.24. The molecule has 2 rings (SSSR count). The first-order valence-electron chi connectivity index (χ1n) is 4.84. The van der Waals surface area contributed by atoms with E-state index in [9.17, 15) is 4.79 Å². The molecule has 0 bridgehead atoms. The highest BCUT2D eigenvalue weighted by Gasteiger charge is 2.14. The van der Waals surface area contributed by atoms with Crippen LogP contribution < -0.4 is 4.74 Å². The largest absolute Gasteiger partial charge is 0.496 e. The molecule has 17 heavy (non-hydrogen) atoms. The lowest BCUT2D eigenvalue weighted by molar-refractivity contribution is 0.0643. The molecule has 0 unspecified atom stereocenters. The standard InChI is InChI=1S/C11H10N2O4/c1-6-5-7(3-4-8(6)16-2)9-12-10(11(14)15)17-13-9/h3-5H,1-2H3,(H,14,15). The Morgan fingerprint density at radius 1 is 1.47 bits per heavy atom. The second-order valence-corrected chi connectivity index (χ2v) is 3.41. The third kappa shape index (κ3) is 2.10. The first-order chi connectivity index (χ1) is 8.11. The molecule has 6 nitrogen and oxygen atoms in total. The minimum absolute atomic E-state index is 0.244. The van der Waals surface area contributed by atoms with Crippen LogP contribution in [0.5, 0.6) is 5.75 Å². The van der Waals surface area contributed by atoms with Gasteiger partial charge in [0.1, 0.15) is 5.75 Å². The van der Waals surface area contributed by atoms with Crippen molar-refractivity contribution in [2.75, 3.05) is 7.11 Å². The number of hydrogen-bond acceptors (Lipinski definition) is 5. The van der Waals surface area contributed by atoms with Gasteiger partial charge >= 0.3 is 11.9 Å². The normalized spacial score (nSPS) is 10.2. The number of carbonyl (C=O) groups is 1. The number of hydrogen-bond donors (Lipinski definition) is 1. The van der Waals surface area contributed by atoms with Gasteiger partial charge in [-0.3, -0.25) is 0 Å². The number of nitrogens with zero attached hydrogens (tertiary/aromatic N) is 2. The Bertz CT molecular complexity index is 562. The summed E-state index contributed by atoms with van der Waals surface area (Å²) in [5.41, 5.74) is 1.59. The van der Waals surface area contributed by atoms with E-state index in [2.05, 4.69) is 14.7 Å². The van der Waals surface area contributed by atoms with E-state index in [4.69, 9.17) is 9.84 Å². The molecule has 0 aliphatic rings. The summed E-state index contributed by atoms with van der Waals surface area (Å²) < 4.78 is 9.71. The van der Waals surface area contributed by atoms with Crippen LogP contribution in [0.4, 0.5) is 0 Å². The molecule has 1 N–H and O–H groups in total. The molecule has 0 aliphatic carbocycles. The fraction of sp³-hybridized carbons (Fsp3) is 0.182. The number of carboxylic acid groups (broad SMARTS) is 1. The smallest absolute Gasteiger partial charge is 0.394 e. The Morgan fingerprint density at radius 3 is 2.76 bits per heavy atom. The lowest BCUT2D eigenvalue weighted by atomic mass is 10.1. The van der Waals surface area contributed by atoms with E-state index >= 15 is 0 Å². The topological polar surface area (TPSA) is 85.5 Å². The SMILES string of the molecule is COc1ccc(-c2noc(C(=O)O)n2)cc1C. The Morgan fingerprint density at radius 2 is 2.24 bits per heavy atom. The minimum Gasteiger partial charge on any atom is -0.496 e. The average Bonchev–Trinajstić information content (AvgIpc) is 2.78. The number of aromatic nitrogens is 2. The zero-order valence-electron chi connectivity index (χ0n) is 9.30. The molecule has 0 spiro atoms. The van der Waals surface area contributed by atoms with Gasteiger partial charge < -0.3 is 14.4 Å². The van der Waals surface area contributed by atoms with Gasteiger partial charge in [-0.25, -0.2) is 4.79 Å². The summed E-state index contributed by atoms with van der Waals surface area (Å²) in [6.07, 6.45) is 0. The van der Waals surface area contributed by atoms with Crippen molar-refractivity contribution in [1.82, 2.24) is 10.1 Å². The van der Waals surface area contributed by atoms with Gasteiger partial charge in [-0.15, -0.1) is 0 Å². The van der Waals surface area contributed by atoms with Gasteiger partial charge in [-0.05, 0) is 30.7 Å². The van der Waals surface area contributed by atoms with Gasteiger partial charge in [0.2, 0.25) is 5.82 Å². The molecule has 0 saturated heterocycles. The molecule has 0 fully saturated rings. The van der Waals surface area contributed by atoms with Crippen LogP contribution in [0.15, 0.2) is 22.7 Å². The summed E-state index contributed by atoms with van der Waals surface area (Å²) in [5, 5.41) is 12.3. The van der Waals surface area contributed by atoms with E-state index in [1.165, 1.54) is 0 Å². The summed E-state index contributed by atoms with van der Waals surface area (Å²) in [5.74, 6) is -0.675. The molecular formula is C11H10N2O4. The quantitative estimate of drug-likeness (QED) is 0.870. The maximum absolute atomic E-state index is 10.6. The van der Waals surface area contributed by atoms with Gasteiger partial charge in [0.05, 0.1) is 7.11 Å². The number of ether oxygens (including phenoxy) is 1. The van der Waals surface area contributed by atoms with Gasteiger partial charge in [0.15, 0.2) is 0 Å². The summed E-state index contributed by atoms with van der Waals surface area (Å²) in [6.45, 7) is 1.88. The van der Waals surface area contributed by atoms with Crippen LogP contribution in [0.2, 0.25) is 0 Å². The molecule has 0 amide bonds. The number of methoxy groups -OCH3 is 1. The highest BCUT2D eigenvalue weighted by atomic mass is 16.5. The lowest BCUT2D eigenvalue weighted by Gasteiger charge is -2.04.